The van der Waals surface area contributed by atoms with Gasteiger partial charge in [-0.15, -0.1) is 4.13 Å². The van der Waals surface area contributed by atoms with E-state index >= 15 is 8.78 Å². The van der Waals surface area contributed by atoms with Gasteiger partial charge in [-0.2, -0.15) is 0 Å². The molecule has 0 saturated heterocycles. The highest BCUT2D eigenvalue weighted by molar-refractivity contribution is 8.04. The Morgan fingerprint density at radius 1 is 0.618 bits per heavy atom. The highest BCUT2D eigenvalue weighted by atomic mass is 32.3. The fraction of sp³-hybridized carbons (Fsp3) is 0.100. The first-order valence-corrected chi connectivity index (χ1v) is 25.4. The second-order valence-corrected chi connectivity index (χ2v) is 20.9. The molecule has 0 heterocycles. The molecule has 0 spiro atoms. The van der Waals surface area contributed by atoms with Crippen LogP contribution in [0, 0.1) is 23.3 Å². The van der Waals surface area contributed by atoms with Gasteiger partial charge in [0.05, 0.1) is 11.5 Å². The van der Waals surface area contributed by atoms with Crippen LogP contribution in [0.1, 0.15) is 17.5 Å². The van der Waals surface area contributed by atoms with Crippen molar-refractivity contribution >= 4 is 81.5 Å². The van der Waals surface area contributed by atoms with Crippen molar-refractivity contribution in [3.63, 3.8) is 0 Å². The molecule has 0 radical (unpaired) electrons. The number of nitrogens with one attached hydrogen (secondary N) is 2. The number of ether oxygens (including phenoxy) is 1. The number of rotatable bonds is 18. The normalized spacial score (nSPS) is 11.8. The lowest BCUT2D eigenvalue weighted by atomic mass is 9.90. The van der Waals surface area contributed by atoms with Crippen molar-refractivity contribution in [3.05, 3.63) is 203 Å². The van der Waals surface area contributed by atoms with Crippen LogP contribution in [0.4, 0.5) is 40.3 Å². The van der Waals surface area contributed by atoms with Crippen molar-refractivity contribution in [2.75, 3.05) is 34.9 Å². The second kappa shape index (κ2) is 20.4. The molecule has 2 N–H and O–H groups in total. The summed E-state index contributed by atoms with van der Waals surface area (Å²) in [5.41, 5.74) is 6.20. The number of fused-ring (bicyclic) bond motifs is 1. The third-order valence-corrected chi connectivity index (χ3v) is 15.8. The summed E-state index contributed by atoms with van der Waals surface area (Å²) in [6, 6.07) is 47.3. The van der Waals surface area contributed by atoms with Gasteiger partial charge in [-0.25, -0.2) is 47.6 Å². The van der Waals surface area contributed by atoms with Gasteiger partial charge in [0.2, 0.25) is 10.0 Å². The van der Waals surface area contributed by atoms with Gasteiger partial charge in [-0.05, 0) is 81.4 Å². The average molecular weight is 984 g/mol. The number of halogens is 4. The van der Waals surface area contributed by atoms with E-state index in [2.05, 4.69) is 52.4 Å². The van der Waals surface area contributed by atoms with E-state index in [0.717, 1.165) is 59.1 Å². The van der Waals surface area contributed by atoms with E-state index in [1.807, 2.05) is 121 Å². The van der Waals surface area contributed by atoms with Gasteiger partial charge in [0.15, 0.2) is 38.0 Å². The van der Waals surface area contributed by atoms with Crippen molar-refractivity contribution in [1.82, 2.24) is 4.13 Å². The molecule has 350 valence electrons. The Morgan fingerprint density at radius 2 is 1.15 bits per heavy atom. The highest BCUT2D eigenvalue weighted by Gasteiger charge is 2.39. The molecule has 68 heavy (non-hydrogen) atoms. The number of esters is 1. The molecule has 0 aliphatic rings. The zero-order valence-corrected chi connectivity index (χ0v) is 38.3. The number of nitrogens with zero attached hydrogens (tertiary/aromatic N) is 1. The molecule has 7 rings (SSSR count). The molecule has 0 atom stereocenters. The van der Waals surface area contributed by atoms with E-state index in [4.69, 9.17) is 0 Å². The van der Waals surface area contributed by atoms with Gasteiger partial charge in [0.25, 0.3) is 10.0 Å². The van der Waals surface area contributed by atoms with E-state index in [9.17, 15) is 38.8 Å². The maximum Gasteiger partial charge on any atom is 0.330 e. The number of anilines is 4. The Balaban J connectivity index is 1.11. The average Bonchev–Trinajstić information content (AvgIpc) is 3.31. The lowest BCUT2D eigenvalue weighted by Gasteiger charge is -2.25. The third kappa shape index (κ3) is 10.7. The Morgan fingerprint density at radius 3 is 1.72 bits per heavy atom. The largest absolute Gasteiger partial charge is 0.461 e. The van der Waals surface area contributed by atoms with Crippen LogP contribution in [-0.4, -0.2) is 55.9 Å². The number of benzene rings is 7. The van der Waals surface area contributed by atoms with Crippen molar-refractivity contribution < 1.29 is 52.3 Å². The smallest absolute Gasteiger partial charge is 0.330 e. The van der Waals surface area contributed by atoms with Crippen molar-refractivity contribution in [2.45, 2.75) is 16.2 Å². The predicted molar refractivity (Wildman–Crippen MR) is 255 cm³/mol. The third-order valence-electron chi connectivity index (χ3n) is 10.5. The molecule has 0 unspecified atom stereocenters. The maximum atomic E-state index is 15.1. The number of carbonyl (C=O) groups excluding carboxylic acids is 1. The summed E-state index contributed by atoms with van der Waals surface area (Å²) in [5, 5.41) is 6.51. The van der Waals surface area contributed by atoms with Crippen LogP contribution >= 0.6 is 0 Å². The fourth-order valence-electron chi connectivity index (χ4n) is 7.45. The molecule has 11 nitrogen and oxygen atoms in total. The summed E-state index contributed by atoms with van der Waals surface area (Å²) in [6.07, 6.45) is 0.380. The van der Waals surface area contributed by atoms with E-state index < -0.39 is 87.0 Å². The van der Waals surface area contributed by atoms with Crippen molar-refractivity contribution in [2.24, 2.45) is 0 Å². The Labute approximate surface area is 390 Å². The first-order valence-electron chi connectivity index (χ1n) is 20.6. The van der Waals surface area contributed by atoms with Crippen LogP contribution in [0.3, 0.4) is 0 Å². The minimum absolute atomic E-state index is 0.0622. The molecule has 0 aliphatic carbocycles. The Bertz CT molecular complexity index is 3420. The lowest BCUT2D eigenvalue weighted by molar-refractivity contribution is -0.137. The van der Waals surface area contributed by atoms with Gasteiger partial charge < -0.3 is 15.0 Å². The molecule has 18 heteroatoms. The molecular weight excluding hydrogens is 943 g/mol. The van der Waals surface area contributed by atoms with Crippen LogP contribution in [0.2, 0.25) is 0 Å². The summed E-state index contributed by atoms with van der Waals surface area (Å²) < 4.78 is 143. The number of para-hydroxylation sites is 2. The SMILES string of the molecule is C=CC(=O)OCCS(=O)(=O)c1c(F)c(F)c(S(=O)(=O)NS(=O)(=O)CCCNc2ccc(C(c3ccc(N(c4ccccc4)c4ccccc4)cc3)=c3ccc(=C)cc3)c3ccccc23)c(F)c1F. The van der Waals surface area contributed by atoms with Crippen LogP contribution in [0.5, 0.6) is 0 Å². The molecular formula is C50H41F4N3O8S3. The summed E-state index contributed by atoms with van der Waals surface area (Å²) >= 11 is 0. The number of sulfonamides is 2. The van der Waals surface area contributed by atoms with Gasteiger partial charge in [0, 0.05) is 40.8 Å². The van der Waals surface area contributed by atoms with Crippen LogP contribution < -0.4 is 24.8 Å². The second-order valence-electron chi connectivity index (χ2n) is 15.1. The number of carbonyl (C=O) groups is 1. The molecule has 0 aromatic heterocycles. The minimum Gasteiger partial charge on any atom is -0.461 e. The fourth-order valence-corrected chi connectivity index (χ4v) is 11.9. The maximum absolute atomic E-state index is 15.1. The topological polar surface area (TPSA) is 156 Å². The zero-order valence-electron chi connectivity index (χ0n) is 35.8. The summed E-state index contributed by atoms with van der Waals surface area (Å²) in [7, 11) is -16.1. The molecule has 7 aromatic rings. The molecule has 0 amide bonds. The summed E-state index contributed by atoms with van der Waals surface area (Å²) in [5.74, 6) is -14.1. The van der Waals surface area contributed by atoms with E-state index in [0.29, 0.717) is 11.8 Å². The predicted octanol–water partition coefficient (Wildman–Crippen LogP) is 8.14. The zero-order chi connectivity index (χ0) is 48.8. The van der Waals surface area contributed by atoms with Gasteiger partial charge >= 0.3 is 5.97 Å². The van der Waals surface area contributed by atoms with Crippen molar-refractivity contribution in [1.29, 1.82) is 0 Å². The quantitative estimate of drug-likeness (QED) is 0.0283. The van der Waals surface area contributed by atoms with Crippen LogP contribution in [0.15, 0.2) is 168 Å². The van der Waals surface area contributed by atoms with Crippen molar-refractivity contribution in [3.8, 4) is 0 Å². The molecule has 0 fully saturated rings. The van der Waals surface area contributed by atoms with Crippen LogP contribution in [-0.2, 0) is 39.4 Å². The highest BCUT2D eigenvalue weighted by Crippen LogP contribution is 2.37. The number of sulfone groups is 1. The molecule has 0 bridgehead atoms. The van der Waals surface area contributed by atoms with Gasteiger partial charge in [-0.1, -0.05) is 116 Å². The molecule has 7 aromatic carbocycles. The summed E-state index contributed by atoms with van der Waals surface area (Å²) in [4.78, 5) is 8.79. The van der Waals surface area contributed by atoms with E-state index in [-0.39, 0.29) is 13.0 Å². The number of hydrogen-bond donors (Lipinski definition) is 2. The van der Waals surface area contributed by atoms with E-state index in [1.54, 1.807) is 0 Å². The van der Waals surface area contributed by atoms with E-state index in [1.165, 1.54) is 0 Å². The molecule has 0 saturated carbocycles. The Hall–Kier alpha value is -7.12. The monoisotopic (exact) mass is 983 g/mol. The minimum atomic E-state index is -5.90. The summed E-state index contributed by atoms with van der Waals surface area (Å²) in [6.45, 7) is 6.06. The standard InChI is InChI=1S/C50H41F4N3O8S3/c1-3-43(58)65-30-32-66(59,60)49-45(51)47(53)50(48(54)46(49)52)68(63,64)56-67(61,62)31-12-29-55-42-28-27-41(39-17-10-11-18-40(39)42)44(34-21-19-33(2)20-22-34)35-23-25-38(26-24-35)57(36-13-6-4-7-14-36)37-15-8-5-9-16-37/h3-11,13-28,55-56H,1-2,12,29-32H2. The first-order chi connectivity index (χ1) is 32.4. The Kier molecular flexibility index (Phi) is 14.6. The van der Waals surface area contributed by atoms with Gasteiger partial charge in [0.1, 0.15) is 11.5 Å². The molecule has 0 aliphatic heterocycles. The number of hydrogen-bond acceptors (Lipinski definition) is 10. The first kappa shape index (κ1) is 48.8. The van der Waals surface area contributed by atoms with Crippen LogP contribution in [0.25, 0.3) is 22.9 Å². The lowest BCUT2D eigenvalue weighted by Crippen LogP contribution is -2.35. The van der Waals surface area contributed by atoms with Gasteiger partial charge in [-0.3, -0.25) is 0 Å².